The van der Waals surface area contributed by atoms with Gasteiger partial charge in [-0.2, -0.15) is 13.2 Å². The van der Waals surface area contributed by atoms with Crippen LogP contribution in [-0.4, -0.2) is 31.1 Å². The molecule has 136 valence electrons. The van der Waals surface area contributed by atoms with Crippen molar-refractivity contribution in [2.75, 3.05) is 13.4 Å². The zero-order valence-electron chi connectivity index (χ0n) is 14.4. The summed E-state index contributed by atoms with van der Waals surface area (Å²) >= 11 is 1.43. The van der Waals surface area contributed by atoms with Crippen LogP contribution >= 0.6 is 11.8 Å². The fraction of sp³-hybridized carbons (Fsp3) is 0.500. The predicted molar refractivity (Wildman–Crippen MR) is 92.5 cm³/mol. The van der Waals surface area contributed by atoms with Crippen molar-refractivity contribution in [2.45, 2.75) is 39.4 Å². The van der Waals surface area contributed by atoms with E-state index >= 15 is 0 Å². The number of alkyl halides is 3. The number of benzene rings is 1. The van der Waals surface area contributed by atoms with Crippen molar-refractivity contribution < 1.29 is 22.7 Å². The molecule has 0 aliphatic heterocycles. The normalized spacial score (nSPS) is 11.6. The van der Waals surface area contributed by atoms with Gasteiger partial charge in [0.2, 0.25) is 5.91 Å². The number of carbonyl (C=O) groups excluding carboxylic acids is 1. The molecule has 0 saturated carbocycles. The first-order valence-electron chi connectivity index (χ1n) is 7.17. The van der Waals surface area contributed by atoms with Gasteiger partial charge in [0, 0.05) is 12.0 Å². The lowest BCUT2D eigenvalue weighted by atomic mass is 9.94. The molecule has 1 N–H and O–H groups in total. The third kappa shape index (κ3) is 8.24. The topological polar surface area (TPSA) is 50.7 Å². The van der Waals surface area contributed by atoms with Crippen LogP contribution in [0, 0.1) is 0 Å². The summed E-state index contributed by atoms with van der Waals surface area (Å²) in [6.07, 6.45) is 2.34. The van der Waals surface area contributed by atoms with Gasteiger partial charge in [-0.05, 0) is 26.2 Å². The maximum Gasteiger partial charge on any atom is 0.379 e. The molecule has 1 aromatic rings. The number of hydrogen-bond donors (Lipinski definition) is 1. The van der Waals surface area contributed by atoms with E-state index in [4.69, 9.17) is 4.74 Å². The summed E-state index contributed by atoms with van der Waals surface area (Å²) in [7, 11) is 1.65. The van der Waals surface area contributed by atoms with Gasteiger partial charge in [-0.1, -0.05) is 36.9 Å². The molecular formula is C16H23F3N2O2S. The van der Waals surface area contributed by atoms with Crippen molar-refractivity contribution in [3.63, 3.8) is 0 Å². The molecule has 0 aromatic heterocycles. The number of carbonyl (C=O) groups is 1. The molecule has 1 amide bonds. The van der Waals surface area contributed by atoms with Crippen molar-refractivity contribution in [2.24, 2.45) is 4.99 Å². The van der Waals surface area contributed by atoms with Crippen LogP contribution in [0.3, 0.4) is 0 Å². The number of amidine groups is 1. The maximum absolute atomic E-state index is 11.5. The average molecular weight is 364 g/mol. The molecule has 0 fully saturated rings. The molecule has 1 rings (SSSR count). The summed E-state index contributed by atoms with van der Waals surface area (Å²) in [5, 5.41) is 3.43. The molecular weight excluding hydrogens is 341 g/mol. The number of hydrogen-bond acceptors (Lipinski definition) is 4. The second-order valence-corrected chi connectivity index (χ2v) is 5.82. The van der Waals surface area contributed by atoms with Crippen LogP contribution in [0.4, 0.5) is 13.2 Å². The standard InChI is InChI=1S/C15H22N2O2S.CHF3/c1-6-13(18)16-14(20-5)17-15(2,3)11-9-7-8-10-12(11)19-4;2-1(3)4/h7-10H,6H2,1-5H3,(H,16,17,18);1H. The van der Waals surface area contributed by atoms with Crippen molar-refractivity contribution in [3.05, 3.63) is 29.8 Å². The molecule has 24 heavy (non-hydrogen) atoms. The lowest BCUT2D eigenvalue weighted by molar-refractivity contribution is -0.119. The second-order valence-electron chi connectivity index (χ2n) is 5.03. The number of thioether (sulfide) groups is 1. The van der Waals surface area contributed by atoms with Crippen molar-refractivity contribution in [1.29, 1.82) is 0 Å². The van der Waals surface area contributed by atoms with Gasteiger partial charge in [-0.15, -0.1) is 0 Å². The fourth-order valence-corrected chi connectivity index (χ4v) is 2.33. The number of para-hydroxylation sites is 1. The summed E-state index contributed by atoms with van der Waals surface area (Å²) < 4.78 is 34.4. The highest BCUT2D eigenvalue weighted by molar-refractivity contribution is 8.13. The first kappa shape index (κ1) is 22.3. The Balaban J connectivity index is 0.00000118. The molecule has 0 atom stereocenters. The number of ether oxygens (including phenoxy) is 1. The Morgan fingerprint density at radius 3 is 2.33 bits per heavy atom. The highest BCUT2D eigenvalue weighted by atomic mass is 32.2. The highest BCUT2D eigenvalue weighted by Crippen LogP contribution is 2.33. The Morgan fingerprint density at radius 2 is 1.88 bits per heavy atom. The summed E-state index contributed by atoms with van der Waals surface area (Å²) in [5.74, 6) is 0.762. The Labute approximate surface area is 144 Å². The zero-order valence-corrected chi connectivity index (χ0v) is 15.2. The van der Waals surface area contributed by atoms with E-state index in [-0.39, 0.29) is 5.91 Å². The minimum atomic E-state index is -3.67. The van der Waals surface area contributed by atoms with Crippen LogP contribution in [0.2, 0.25) is 0 Å². The molecule has 0 heterocycles. The Hall–Kier alpha value is -1.70. The molecule has 1 aromatic carbocycles. The minimum Gasteiger partial charge on any atom is -0.496 e. The van der Waals surface area contributed by atoms with Crippen LogP contribution in [-0.2, 0) is 10.3 Å². The third-order valence-electron chi connectivity index (χ3n) is 2.91. The van der Waals surface area contributed by atoms with E-state index in [9.17, 15) is 18.0 Å². The molecule has 4 nitrogen and oxygen atoms in total. The fourth-order valence-electron chi connectivity index (χ4n) is 1.80. The first-order chi connectivity index (χ1) is 11.2. The Kier molecular flexibility index (Phi) is 10.2. The Bertz CT molecular complexity index is 549. The molecule has 0 unspecified atom stereocenters. The third-order valence-corrected chi connectivity index (χ3v) is 3.49. The van der Waals surface area contributed by atoms with Gasteiger partial charge >= 0.3 is 6.68 Å². The molecule has 0 aliphatic rings. The van der Waals surface area contributed by atoms with Gasteiger partial charge in [0.25, 0.3) is 0 Å². The van der Waals surface area contributed by atoms with Gasteiger partial charge in [0.15, 0.2) is 5.17 Å². The average Bonchev–Trinajstić information content (AvgIpc) is 2.53. The molecule has 0 saturated heterocycles. The number of rotatable bonds is 4. The number of methoxy groups -OCH3 is 1. The van der Waals surface area contributed by atoms with Crippen LogP contribution in [0.5, 0.6) is 5.75 Å². The van der Waals surface area contributed by atoms with Crippen molar-refractivity contribution in [1.82, 2.24) is 5.32 Å². The summed E-state index contributed by atoms with van der Waals surface area (Å²) in [4.78, 5) is 16.2. The minimum absolute atomic E-state index is 0.0334. The van der Waals surface area contributed by atoms with Gasteiger partial charge in [-0.25, -0.2) is 0 Å². The number of nitrogens with zero attached hydrogens (tertiary/aromatic N) is 1. The quantitative estimate of drug-likeness (QED) is 0.638. The lowest BCUT2D eigenvalue weighted by Crippen LogP contribution is -2.30. The first-order valence-corrected chi connectivity index (χ1v) is 8.39. The molecule has 0 aliphatic carbocycles. The second kappa shape index (κ2) is 11.0. The van der Waals surface area contributed by atoms with E-state index in [1.165, 1.54) is 11.8 Å². The van der Waals surface area contributed by atoms with E-state index < -0.39 is 12.2 Å². The monoisotopic (exact) mass is 364 g/mol. The smallest absolute Gasteiger partial charge is 0.379 e. The van der Waals surface area contributed by atoms with E-state index in [1.807, 2.05) is 51.3 Å². The van der Waals surface area contributed by atoms with Gasteiger partial charge in [0.1, 0.15) is 5.75 Å². The van der Waals surface area contributed by atoms with Crippen molar-refractivity contribution >= 4 is 22.8 Å². The van der Waals surface area contributed by atoms with Crippen molar-refractivity contribution in [3.8, 4) is 5.75 Å². The van der Waals surface area contributed by atoms with Crippen LogP contribution in [0.1, 0.15) is 32.8 Å². The summed E-state index contributed by atoms with van der Waals surface area (Å²) in [6.45, 7) is 2.15. The van der Waals surface area contributed by atoms with Gasteiger partial charge < -0.3 is 10.1 Å². The van der Waals surface area contributed by atoms with E-state index in [1.54, 1.807) is 7.11 Å². The summed E-state index contributed by atoms with van der Waals surface area (Å²) in [5.41, 5.74) is 0.506. The van der Waals surface area contributed by atoms with E-state index in [0.29, 0.717) is 11.6 Å². The molecule has 0 bridgehead atoms. The number of nitrogens with one attached hydrogen (secondary N) is 1. The highest BCUT2D eigenvalue weighted by Gasteiger charge is 2.24. The van der Waals surface area contributed by atoms with E-state index in [0.717, 1.165) is 11.3 Å². The zero-order chi connectivity index (χ0) is 18.8. The number of amides is 1. The summed E-state index contributed by atoms with van der Waals surface area (Å²) in [6, 6.07) is 7.78. The SMILES string of the molecule is CCC(=O)NC(=NC(C)(C)c1ccccc1OC)SC.FC(F)F. The largest absolute Gasteiger partial charge is 0.496 e. The molecule has 0 spiro atoms. The van der Waals surface area contributed by atoms with Gasteiger partial charge in [0.05, 0.1) is 12.6 Å². The molecule has 0 radical (unpaired) electrons. The van der Waals surface area contributed by atoms with Gasteiger partial charge in [-0.3, -0.25) is 9.79 Å². The van der Waals surface area contributed by atoms with Crippen LogP contribution in [0.25, 0.3) is 0 Å². The van der Waals surface area contributed by atoms with E-state index in [2.05, 4.69) is 10.3 Å². The van der Waals surface area contributed by atoms with Crippen LogP contribution < -0.4 is 10.1 Å². The number of halogens is 3. The Morgan fingerprint density at radius 1 is 1.33 bits per heavy atom. The predicted octanol–water partition coefficient (Wildman–Crippen LogP) is 4.35. The number of aliphatic imine (C=N–C) groups is 1. The molecule has 8 heteroatoms. The lowest BCUT2D eigenvalue weighted by Gasteiger charge is -2.24. The maximum atomic E-state index is 11.5. The van der Waals surface area contributed by atoms with Crippen LogP contribution in [0.15, 0.2) is 29.3 Å².